The molecule has 0 spiro atoms. The van der Waals surface area contributed by atoms with Crippen LogP contribution >= 0.6 is 22.9 Å². The van der Waals surface area contributed by atoms with Gasteiger partial charge in [0.25, 0.3) is 5.91 Å². The lowest BCUT2D eigenvalue weighted by atomic mass is 10.1. The Morgan fingerprint density at radius 3 is 3.14 bits per heavy atom. The van der Waals surface area contributed by atoms with Gasteiger partial charge < -0.3 is 15.6 Å². The molecular formula is C15H13ClN4OS. The second kappa shape index (κ2) is 5.00. The Balaban J connectivity index is 1.65. The molecule has 0 saturated heterocycles. The minimum Gasteiger partial charge on any atom is -0.375 e. The topological polar surface area (TPSA) is 75.0 Å². The van der Waals surface area contributed by atoms with E-state index in [1.807, 2.05) is 29.2 Å². The predicted molar refractivity (Wildman–Crippen MR) is 88.3 cm³/mol. The number of fused-ring (bicyclic) bond motifs is 2. The number of benzene rings is 1. The lowest BCUT2D eigenvalue weighted by Gasteiger charge is -2.25. The predicted octanol–water partition coefficient (Wildman–Crippen LogP) is 3.06. The van der Waals surface area contributed by atoms with Crippen LogP contribution in [0.15, 0.2) is 24.3 Å². The first-order chi connectivity index (χ1) is 10.6. The first-order valence-electron chi connectivity index (χ1n) is 6.92. The van der Waals surface area contributed by atoms with E-state index >= 15 is 0 Å². The summed E-state index contributed by atoms with van der Waals surface area (Å²) in [6.45, 7) is 1.21. The smallest absolute Gasteiger partial charge is 0.270 e. The average Bonchev–Trinajstić information content (AvgIpc) is 3.08. The largest absolute Gasteiger partial charge is 0.375 e. The number of H-pyrrole nitrogens is 1. The van der Waals surface area contributed by atoms with Gasteiger partial charge in [-0.1, -0.05) is 17.7 Å². The number of hydrogen-bond acceptors (Lipinski definition) is 4. The second-order valence-corrected chi connectivity index (χ2v) is 6.81. The van der Waals surface area contributed by atoms with E-state index in [9.17, 15) is 4.79 Å². The maximum absolute atomic E-state index is 12.7. The van der Waals surface area contributed by atoms with Gasteiger partial charge in [0, 0.05) is 33.8 Å². The van der Waals surface area contributed by atoms with E-state index in [1.54, 1.807) is 0 Å². The molecule has 112 valence electrons. The maximum atomic E-state index is 12.7. The minimum absolute atomic E-state index is 0.0233. The molecular weight excluding hydrogens is 320 g/mol. The quantitative estimate of drug-likeness (QED) is 0.719. The highest BCUT2D eigenvalue weighted by Crippen LogP contribution is 2.28. The molecule has 3 heterocycles. The lowest BCUT2D eigenvalue weighted by Crippen LogP contribution is -2.35. The van der Waals surface area contributed by atoms with E-state index in [0.29, 0.717) is 28.9 Å². The van der Waals surface area contributed by atoms with Crippen molar-refractivity contribution in [3.8, 4) is 0 Å². The third kappa shape index (κ3) is 2.15. The van der Waals surface area contributed by atoms with Crippen LogP contribution in [0.3, 0.4) is 0 Å². The van der Waals surface area contributed by atoms with Crippen molar-refractivity contribution in [3.63, 3.8) is 0 Å². The van der Waals surface area contributed by atoms with Crippen LogP contribution in [0.25, 0.3) is 10.9 Å². The third-order valence-corrected chi connectivity index (χ3v) is 5.12. The molecule has 0 unspecified atom stereocenters. The number of nitrogens with one attached hydrogen (secondary N) is 1. The Hall–Kier alpha value is -2.05. The summed E-state index contributed by atoms with van der Waals surface area (Å²) in [5.41, 5.74) is 8.19. The number of nitrogens with zero attached hydrogens (tertiary/aromatic N) is 2. The normalized spacial score (nSPS) is 14.3. The molecule has 22 heavy (non-hydrogen) atoms. The molecule has 0 atom stereocenters. The highest BCUT2D eigenvalue weighted by atomic mass is 35.5. The van der Waals surface area contributed by atoms with Crippen molar-refractivity contribution in [1.29, 1.82) is 0 Å². The zero-order valence-electron chi connectivity index (χ0n) is 11.6. The van der Waals surface area contributed by atoms with Crippen molar-refractivity contribution < 1.29 is 4.79 Å². The van der Waals surface area contributed by atoms with Crippen LogP contribution in [0, 0.1) is 0 Å². The summed E-state index contributed by atoms with van der Waals surface area (Å²) in [6.07, 6.45) is 0.746. The number of nitrogen functional groups attached to an aromatic ring is 1. The van der Waals surface area contributed by atoms with E-state index in [4.69, 9.17) is 17.3 Å². The number of carbonyl (C=O) groups is 1. The zero-order valence-corrected chi connectivity index (χ0v) is 13.2. The van der Waals surface area contributed by atoms with E-state index in [1.165, 1.54) is 11.3 Å². The van der Waals surface area contributed by atoms with E-state index < -0.39 is 0 Å². The number of halogens is 1. The molecule has 0 bridgehead atoms. The number of hydrogen-bond donors (Lipinski definition) is 2. The fourth-order valence-electron chi connectivity index (χ4n) is 2.79. The van der Waals surface area contributed by atoms with Gasteiger partial charge in [-0.3, -0.25) is 4.79 Å². The Morgan fingerprint density at radius 1 is 1.45 bits per heavy atom. The molecule has 5 nitrogen and oxygen atoms in total. The third-order valence-electron chi connectivity index (χ3n) is 3.88. The number of amides is 1. The second-order valence-electron chi connectivity index (χ2n) is 5.28. The first-order valence-corrected chi connectivity index (χ1v) is 8.12. The van der Waals surface area contributed by atoms with Gasteiger partial charge in [-0.25, -0.2) is 4.98 Å². The van der Waals surface area contributed by atoms with Gasteiger partial charge in [-0.2, -0.15) is 0 Å². The van der Waals surface area contributed by atoms with Crippen molar-refractivity contribution in [2.45, 2.75) is 13.0 Å². The molecule has 1 aliphatic heterocycles. The van der Waals surface area contributed by atoms with Crippen LogP contribution in [0.1, 0.15) is 21.1 Å². The van der Waals surface area contributed by atoms with Crippen LogP contribution < -0.4 is 5.73 Å². The molecule has 4 rings (SSSR count). The number of thiazole rings is 1. The average molecular weight is 333 g/mol. The van der Waals surface area contributed by atoms with Gasteiger partial charge >= 0.3 is 0 Å². The Kier molecular flexibility index (Phi) is 3.09. The summed E-state index contributed by atoms with van der Waals surface area (Å²) < 4.78 is 0. The van der Waals surface area contributed by atoms with Crippen molar-refractivity contribution in [1.82, 2.24) is 14.9 Å². The summed E-state index contributed by atoms with van der Waals surface area (Å²) in [5, 5.41) is 2.08. The fraction of sp³-hybridized carbons (Fsp3) is 0.200. The number of aromatic nitrogens is 2. The van der Waals surface area contributed by atoms with Gasteiger partial charge in [-0.15, -0.1) is 11.3 Å². The van der Waals surface area contributed by atoms with Crippen LogP contribution in [0.5, 0.6) is 0 Å². The van der Waals surface area contributed by atoms with Gasteiger partial charge in [0.2, 0.25) is 0 Å². The number of carbonyl (C=O) groups excluding carboxylic acids is 1. The van der Waals surface area contributed by atoms with Crippen LogP contribution in [-0.2, 0) is 13.0 Å². The van der Waals surface area contributed by atoms with Crippen LogP contribution in [0.4, 0.5) is 5.13 Å². The Labute approximate surface area is 135 Å². The van der Waals surface area contributed by atoms with Crippen molar-refractivity contribution >= 4 is 44.9 Å². The number of anilines is 1. The van der Waals surface area contributed by atoms with Crippen LogP contribution in [-0.4, -0.2) is 27.3 Å². The van der Waals surface area contributed by atoms with Crippen molar-refractivity contribution in [3.05, 3.63) is 45.6 Å². The maximum Gasteiger partial charge on any atom is 0.270 e. The van der Waals surface area contributed by atoms with Crippen molar-refractivity contribution in [2.24, 2.45) is 0 Å². The van der Waals surface area contributed by atoms with Crippen LogP contribution in [0.2, 0.25) is 5.02 Å². The molecule has 1 amide bonds. The van der Waals surface area contributed by atoms with Gasteiger partial charge in [0.1, 0.15) is 5.69 Å². The van der Waals surface area contributed by atoms with Gasteiger partial charge in [0.05, 0.1) is 12.2 Å². The molecule has 2 aromatic heterocycles. The number of aromatic amines is 1. The summed E-state index contributed by atoms with van der Waals surface area (Å²) >= 11 is 7.62. The van der Waals surface area contributed by atoms with Gasteiger partial charge in [0.15, 0.2) is 5.13 Å². The van der Waals surface area contributed by atoms with Gasteiger partial charge in [-0.05, 0) is 18.2 Å². The van der Waals surface area contributed by atoms with Crippen molar-refractivity contribution in [2.75, 3.05) is 12.3 Å². The molecule has 3 aromatic rings. The molecule has 0 saturated carbocycles. The fourth-order valence-corrected chi connectivity index (χ4v) is 3.92. The molecule has 0 fully saturated rings. The number of nitrogens with two attached hydrogens (primary N) is 1. The SMILES string of the molecule is Nc1nc2c(s1)CN(C(=O)c1cc3c(Cl)cccc3[nH]1)CC2. The summed E-state index contributed by atoms with van der Waals surface area (Å²) in [5.74, 6) is -0.0233. The highest BCUT2D eigenvalue weighted by Gasteiger charge is 2.25. The number of rotatable bonds is 1. The summed E-state index contributed by atoms with van der Waals surface area (Å²) in [4.78, 5) is 23.0. The van der Waals surface area contributed by atoms with E-state index in [-0.39, 0.29) is 5.91 Å². The summed E-state index contributed by atoms with van der Waals surface area (Å²) in [6, 6.07) is 7.41. The standard InChI is InChI=1S/C15H13ClN4OS/c16-9-2-1-3-10-8(9)6-12(18-10)14(21)20-5-4-11-13(7-20)22-15(17)19-11/h1-3,6,18H,4-5,7H2,(H2,17,19). The minimum atomic E-state index is -0.0233. The molecule has 3 N–H and O–H groups in total. The molecule has 7 heteroatoms. The molecule has 0 radical (unpaired) electrons. The molecule has 1 aliphatic rings. The Morgan fingerprint density at radius 2 is 2.32 bits per heavy atom. The zero-order chi connectivity index (χ0) is 15.3. The lowest BCUT2D eigenvalue weighted by molar-refractivity contribution is 0.0731. The summed E-state index contributed by atoms with van der Waals surface area (Å²) in [7, 11) is 0. The monoisotopic (exact) mass is 332 g/mol. The first kappa shape index (κ1) is 13.6. The molecule has 0 aliphatic carbocycles. The molecule has 1 aromatic carbocycles. The van der Waals surface area contributed by atoms with E-state index in [2.05, 4.69) is 9.97 Å². The van der Waals surface area contributed by atoms with E-state index in [0.717, 1.165) is 27.9 Å². The highest BCUT2D eigenvalue weighted by molar-refractivity contribution is 7.15. The Bertz CT molecular complexity index is 885.